The molecule has 0 aromatic heterocycles. The van der Waals surface area contributed by atoms with Crippen molar-refractivity contribution in [2.24, 2.45) is 5.92 Å². The minimum Gasteiger partial charge on any atom is -0.493 e. The predicted molar refractivity (Wildman–Crippen MR) is 74.8 cm³/mol. The minimum atomic E-state index is -0.516. The largest absolute Gasteiger partial charge is 0.493 e. The third-order valence-corrected chi connectivity index (χ3v) is 2.61. The van der Waals surface area contributed by atoms with Crippen LogP contribution in [0.15, 0.2) is 18.2 Å². The van der Waals surface area contributed by atoms with Gasteiger partial charge in [0.1, 0.15) is 6.61 Å². The highest BCUT2D eigenvalue weighted by Gasteiger charge is 2.08. The quantitative estimate of drug-likeness (QED) is 0.736. The Labute approximate surface area is 115 Å². The molecule has 0 aliphatic heterocycles. The van der Waals surface area contributed by atoms with E-state index in [0.29, 0.717) is 30.6 Å². The summed E-state index contributed by atoms with van der Waals surface area (Å²) in [5, 5.41) is 9.52. The highest BCUT2D eigenvalue weighted by atomic mass is 16.5. The predicted octanol–water partition coefficient (Wildman–Crippen LogP) is 2.80. The highest BCUT2D eigenvalue weighted by molar-refractivity contribution is 5.43. The van der Waals surface area contributed by atoms with Crippen molar-refractivity contribution in [2.75, 3.05) is 26.9 Å². The van der Waals surface area contributed by atoms with E-state index in [1.165, 1.54) is 0 Å². The van der Waals surface area contributed by atoms with Gasteiger partial charge in [0.25, 0.3) is 0 Å². The molecule has 0 saturated carbocycles. The average Bonchev–Trinajstić information content (AvgIpc) is 2.37. The maximum Gasteiger partial charge on any atom is 0.161 e. The Morgan fingerprint density at radius 1 is 1.11 bits per heavy atom. The van der Waals surface area contributed by atoms with Crippen LogP contribution in [-0.2, 0) is 4.74 Å². The van der Waals surface area contributed by atoms with Crippen molar-refractivity contribution in [3.8, 4) is 11.5 Å². The maximum absolute atomic E-state index is 9.52. The lowest BCUT2D eigenvalue weighted by Gasteiger charge is -2.13. The Bertz CT molecular complexity index is 374. The summed E-state index contributed by atoms with van der Waals surface area (Å²) >= 11 is 0. The van der Waals surface area contributed by atoms with E-state index in [-0.39, 0.29) is 0 Å². The number of aliphatic hydroxyl groups excluding tert-OH is 1. The van der Waals surface area contributed by atoms with Gasteiger partial charge in [0.05, 0.1) is 19.8 Å². The fourth-order valence-electron chi connectivity index (χ4n) is 1.59. The van der Waals surface area contributed by atoms with E-state index >= 15 is 0 Å². The number of rotatable bonds is 8. The van der Waals surface area contributed by atoms with Crippen LogP contribution in [0.25, 0.3) is 0 Å². The first-order valence-corrected chi connectivity index (χ1v) is 6.61. The number of methoxy groups -OCH3 is 1. The summed E-state index contributed by atoms with van der Waals surface area (Å²) in [4.78, 5) is 0. The smallest absolute Gasteiger partial charge is 0.161 e. The maximum atomic E-state index is 9.52. The van der Waals surface area contributed by atoms with Crippen molar-refractivity contribution < 1.29 is 19.3 Å². The summed E-state index contributed by atoms with van der Waals surface area (Å²) < 4.78 is 16.3. The molecule has 4 nitrogen and oxygen atoms in total. The Balaban J connectivity index is 2.49. The molecular weight excluding hydrogens is 244 g/mol. The summed E-state index contributed by atoms with van der Waals surface area (Å²) in [5.74, 6) is 1.82. The fraction of sp³-hybridized carbons (Fsp3) is 0.600. The lowest BCUT2D eigenvalue weighted by atomic mass is 10.1. The van der Waals surface area contributed by atoms with Crippen LogP contribution in [-0.4, -0.2) is 32.0 Å². The first-order valence-electron chi connectivity index (χ1n) is 6.61. The van der Waals surface area contributed by atoms with Crippen LogP contribution >= 0.6 is 0 Å². The molecule has 1 rings (SSSR count). The van der Waals surface area contributed by atoms with Crippen molar-refractivity contribution in [3.63, 3.8) is 0 Å². The monoisotopic (exact) mass is 268 g/mol. The standard InChI is InChI=1S/C15H24O4/c1-11(2)10-18-7-8-19-14-6-5-13(12(3)16)9-15(14)17-4/h5-6,9,11-12,16H,7-8,10H2,1-4H3/t12-/m0/s1. The Morgan fingerprint density at radius 2 is 1.84 bits per heavy atom. The SMILES string of the molecule is COc1cc([C@H](C)O)ccc1OCCOCC(C)C. The van der Waals surface area contributed by atoms with Crippen molar-refractivity contribution in [1.82, 2.24) is 0 Å². The summed E-state index contributed by atoms with van der Waals surface area (Å²) in [6.07, 6.45) is -0.516. The van der Waals surface area contributed by atoms with Gasteiger partial charge >= 0.3 is 0 Å². The van der Waals surface area contributed by atoms with Gasteiger partial charge in [-0.2, -0.15) is 0 Å². The second kappa shape index (κ2) is 8.02. The molecule has 4 heteroatoms. The topological polar surface area (TPSA) is 47.9 Å². The summed E-state index contributed by atoms with van der Waals surface area (Å²) in [6, 6.07) is 5.43. The second-order valence-electron chi connectivity index (χ2n) is 4.90. The number of hydrogen-bond acceptors (Lipinski definition) is 4. The molecular formula is C15H24O4. The second-order valence-corrected chi connectivity index (χ2v) is 4.90. The Kier molecular flexibility index (Phi) is 6.67. The number of hydrogen-bond donors (Lipinski definition) is 1. The van der Waals surface area contributed by atoms with Gasteiger partial charge in [-0.1, -0.05) is 19.9 Å². The number of ether oxygens (including phenoxy) is 3. The van der Waals surface area contributed by atoms with Crippen molar-refractivity contribution in [2.45, 2.75) is 26.9 Å². The van der Waals surface area contributed by atoms with Gasteiger partial charge in [0, 0.05) is 6.61 Å². The zero-order valence-corrected chi connectivity index (χ0v) is 12.2. The van der Waals surface area contributed by atoms with Crippen LogP contribution < -0.4 is 9.47 Å². The summed E-state index contributed by atoms with van der Waals surface area (Å²) in [7, 11) is 1.59. The first kappa shape index (κ1) is 15.8. The molecule has 0 spiro atoms. The van der Waals surface area contributed by atoms with Gasteiger partial charge in [-0.25, -0.2) is 0 Å². The minimum absolute atomic E-state index is 0.483. The molecule has 0 unspecified atom stereocenters. The molecule has 1 N–H and O–H groups in total. The van der Waals surface area contributed by atoms with Gasteiger partial charge in [-0.15, -0.1) is 0 Å². The Hall–Kier alpha value is -1.26. The lowest BCUT2D eigenvalue weighted by Crippen LogP contribution is -2.10. The van der Waals surface area contributed by atoms with Crippen LogP contribution in [0, 0.1) is 5.92 Å². The van der Waals surface area contributed by atoms with Gasteiger partial charge in [0.2, 0.25) is 0 Å². The highest BCUT2D eigenvalue weighted by Crippen LogP contribution is 2.30. The molecule has 0 fully saturated rings. The van der Waals surface area contributed by atoms with Crippen LogP contribution in [0.2, 0.25) is 0 Å². The van der Waals surface area contributed by atoms with E-state index in [9.17, 15) is 5.11 Å². The molecule has 1 aromatic rings. The van der Waals surface area contributed by atoms with E-state index < -0.39 is 6.10 Å². The van der Waals surface area contributed by atoms with Gasteiger partial charge in [-0.3, -0.25) is 0 Å². The molecule has 19 heavy (non-hydrogen) atoms. The lowest BCUT2D eigenvalue weighted by molar-refractivity contribution is 0.0810. The average molecular weight is 268 g/mol. The number of aliphatic hydroxyl groups is 1. The van der Waals surface area contributed by atoms with E-state index in [0.717, 1.165) is 12.2 Å². The number of benzene rings is 1. The molecule has 0 radical (unpaired) electrons. The zero-order chi connectivity index (χ0) is 14.3. The van der Waals surface area contributed by atoms with Crippen molar-refractivity contribution in [1.29, 1.82) is 0 Å². The fourth-order valence-corrected chi connectivity index (χ4v) is 1.59. The molecule has 0 aliphatic rings. The molecule has 1 aromatic carbocycles. The van der Waals surface area contributed by atoms with E-state index in [2.05, 4.69) is 13.8 Å². The molecule has 1 atom stereocenters. The first-order chi connectivity index (χ1) is 9.04. The third kappa shape index (κ3) is 5.49. The molecule has 0 bridgehead atoms. The van der Waals surface area contributed by atoms with Crippen molar-refractivity contribution >= 4 is 0 Å². The van der Waals surface area contributed by atoms with Crippen LogP contribution in [0.5, 0.6) is 11.5 Å². The summed E-state index contributed by atoms with van der Waals surface area (Å²) in [5.41, 5.74) is 0.806. The van der Waals surface area contributed by atoms with Gasteiger partial charge in [-0.05, 0) is 30.5 Å². The van der Waals surface area contributed by atoms with Crippen LogP contribution in [0.1, 0.15) is 32.4 Å². The van der Waals surface area contributed by atoms with E-state index in [1.54, 1.807) is 20.1 Å². The molecule has 108 valence electrons. The molecule has 0 amide bonds. The van der Waals surface area contributed by atoms with E-state index in [4.69, 9.17) is 14.2 Å². The normalized spacial score (nSPS) is 12.5. The van der Waals surface area contributed by atoms with E-state index in [1.807, 2.05) is 12.1 Å². The van der Waals surface area contributed by atoms with Gasteiger partial charge < -0.3 is 19.3 Å². The molecule has 0 aliphatic carbocycles. The molecule has 0 saturated heterocycles. The van der Waals surface area contributed by atoms with Crippen molar-refractivity contribution in [3.05, 3.63) is 23.8 Å². The van der Waals surface area contributed by atoms with Crippen LogP contribution in [0.4, 0.5) is 0 Å². The van der Waals surface area contributed by atoms with Gasteiger partial charge in [0.15, 0.2) is 11.5 Å². The summed E-state index contributed by atoms with van der Waals surface area (Å²) in [6.45, 7) is 7.71. The Morgan fingerprint density at radius 3 is 2.42 bits per heavy atom. The third-order valence-electron chi connectivity index (χ3n) is 2.61. The molecule has 0 heterocycles. The van der Waals surface area contributed by atoms with Crippen LogP contribution in [0.3, 0.4) is 0 Å². The zero-order valence-electron chi connectivity index (χ0n) is 12.2.